The molecule has 2 heterocycles. The standard InChI is InChI=1S/C21H30N2O3S/c1-2-19(24)18-14-27-15-23(18)21(26)17-10-6-7-13-22(17)20(25)12-11-16-8-4-3-5-9-16/h3-5,8-9,17-19,24H,2,6-7,10-15H2,1H3. The molecule has 3 atom stereocenters. The summed E-state index contributed by atoms with van der Waals surface area (Å²) in [4.78, 5) is 29.7. The second-order valence-electron chi connectivity index (χ2n) is 7.44. The van der Waals surface area contributed by atoms with Gasteiger partial charge in [-0.1, -0.05) is 37.3 Å². The lowest BCUT2D eigenvalue weighted by molar-refractivity contribution is -0.149. The first-order valence-electron chi connectivity index (χ1n) is 10.0. The van der Waals surface area contributed by atoms with Crippen LogP contribution in [0.25, 0.3) is 0 Å². The van der Waals surface area contributed by atoms with Crippen LogP contribution in [0.15, 0.2) is 30.3 Å². The van der Waals surface area contributed by atoms with Gasteiger partial charge in [0.05, 0.1) is 18.0 Å². The van der Waals surface area contributed by atoms with Gasteiger partial charge in [-0.3, -0.25) is 9.59 Å². The van der Waals surface area contributed by atoms with Crippen LogP contribution in [-0.4, -0.2) is 63.1 Å². The number of aliphatic hydroxyl groups excluding tert-OH is 1. The molecule has 2 amide bonds. The predicted octanol–water partition coefficient (Wildman–Crippen LogP) is 2.67. The van der Waals surface area contributed by atoms with Crippen molar-refractivity contribution >= 4 is 23.6 Å². The van der Waals surface area contributed by atoms with Crippen LogP contribution in [0.4, 0.5) is 0 Å². The maximum atomic E-state index is 13.2. The fraction of sp³-hybridized carbons (Fsp3) is 0.619. The highest BCUT2D eigenvalue weighted by Gasteiger charge is 2.40. The lowest BCUT2D eigenvalue weighted by Crippen LogP contribution is -2.55. The first-order chi connectivity index (χ1) is 13.1. The number of piperidine rings is 1. The summed E-state index contributed by atoms with van der Waals surface area (Å²) in [7, 11) is 0. The molecule has 1 N–H and O–H groups in total. The summed E-state index contributed by atoms with van der Waals surface area (Å²) in [6.07, 6.45) is 3.94. The van der Waals surface area contributed by atoms with E-state index >= 15 is 0 Å². The van der Waals surface area contributed by atoms with Gasteiger partial charge in [0.15, 0.2) is 0 Å². The minimum absolute atomic E-state index is 0.0188. The molecule has 2 aliphatic heterocycles. The molecule has 27 heavy (non-hydrogen) atoms. The van der Waals surface area contributed by atoms with Gasteiger partial charge in [-0.05, 0) is 37.7 Å². The quantitative estimate of drug-likeness (QED) is 0.811. The summed E-state index contributed by atoms with van der Waals surface area (Å²) in [6.45, 7) is 2.60. The van der Waals surface area contributed by atoms with Crippen molar-refractivity contribution in [2.45, 2.75) is 63.6 Å². The Morgan fingerprint density at radius 3 is 2.74 bits per heavy atom. The third-order valence-corrected chi connectivity index (χ3v) is 6.68. The van der Waals surface area contributed by atoms with E-state index in [-0.39, 0.29) is 23.9 Å². The molecule has 6 heteroatoms. The van der Waals surface area contributed by atoms with Crippen molar-refractivity contribution in [1.29, 1.82) is 0 Å². The molecule has 0 radical (unpaired) electrons. The van der Waals surface area contributed by atoms with Gasteiger partial charge in [0, 0.05) is 18.7 Å². The van der Waals surface area contributed by atoms with E-state index in [1.807, 2.05) is 42.2 Å². The molecular weight excluding hydrogens is 360 g/mol. The van der Waals surface area contributed by atoms with Gasteiger partial charge in [0.2, 0.25) is 11.8 Å². The van der Waals surface area contributed by atoms with E-state index < -0.39 is 6.10 Å². The second-order valence-corrected chi connectivity index (χ2v) is 8.43. The molecule has 0 saturated carbocycles. The minimum atomic E-state index is -0.491. The van der Waals surface area contributed by atoms with Gasteiger partial charge in [0.1, 0.15) is 6.04 Å². The third kappa shape index (κ3) is 4.85. The summed E-state index contributed by atoms with van der Waals surface area (Å²) >= 11 is 1.69. The molecular formula is C21H30N2O3S. The molecule has 148 valence electrons. The summed E-state index contributed by atoms with van der Waals surface area (Å²) in [5, 5.41) is 10.3. The van der Waals surface area contributed by atoms with E-state index in [0.717, 1.165) is 30.6 Å². The molecule has 0 aromatic heterocycles. The van der Waals surface area contributed by atoms with Crippen molar-refractivity contribution in [3.8, 4) is 0 Å². The highest BCUT2D eigenvalue weighted by Crippen LogP contribution is 2.28. The second kappa shape index (κ2) is 9.60. The Bertz CT molecular complexity index is 640. The molecule has 1 aromatic rings. The molecule has 3 unspecified atom stereocenters. The maximum Gasteiger partial charge on any atom is 0.246 e. The predicted molar refractivity (Wildman–Crippen MR) is 108 cm³/mol. The van der Waals surface area contributed by atoms with Gasteiger partial charge < -0.3 is 14.9 Å². The van der Waals surface area contributed by atoms with E-state index in [4.69, 9.17) is 0 Å². The Morgan fingerprint density at radius 2 is 2.00 bits per heavy atom. The van der Waals surface area contributed by atoms with Gasteiger partial charge in [0.25, 0.3) is 0 Å². The summed E-state index contributed by atoms with van der Waals surface area (Å²) in [5.41, 5.74) is 1.15. The molecule has 0 aliphatic carbocycles. The number of likely N-dealkylation sites (tertiary alicyclic amines) is 1. The van der Waals surface area contributed by atoms with Crippen molar-refractivity contribution in [2.75, 3.05) is 18.2 Å². The smallest absolute Gasteiger partial charge is 0.246 e. The number of hydrogen-bond donors (Lipinski definition) is 1. The third-order valence-electron chi connectivity index (χ3n) is 5.64. The topological polar surface area (TPSA) is 60.9 Å². The van der Waals surface area contributed by atoms with Crippen molar-refractivity contribution in [3.63, 3.8) is 0 Å². The maximum absolute atomic E-state index is 13.2. The number of aliphatic hydroxyl groups is 1. The number of amides is 2. The fourth-order valence-corrected chi connectivity index (χ4v) is 5.26. The molecule has 3 rings (SSSR count). The van der Waals surface area contributed by atoms with Crippen LogP contribution in [-0.2, 0) is 16.0 Å². The molecule has 2 aliphatic rings. The van der Waals surface area contributed by atoms with Crippen LogP contribution in [0.5, 0.6) is 0 Å². The number of aryl methyl sites for hydroxylation is 1. The Labute approximate surface area is 166 Å². The Morgan fingerprint density at radius 1 is 1.22 bits per heavy atom. The normalized spacial score (nSPS) is 24.1. The van der Waals surface area contributed by atoms with Crippen molar-refractivity contribution in [3.05, 3.63) is 35.9 Å². The van der Waals surface area contributed by atoms with Crippen LogP contribution in [0.2, 0.25) is 0 Å². The Balaban J connectivity index is 1.65. The fourth-order valence-electron chi connectivity index (χ4n) is 3.99. The molecule has 0 bridgehead atoms. The lowest BCUT2D eigenvalue weighted by Gasteiger charge is -2.38. The first-order valence-corrected chi connectivity index (χ1v) is 11.2. The monoisotopic (exact) mass is 390 g/mol. The molecule has 0 spiro atoms. The zero-order valence-corrected chi connectivity index (χ0v) is 16.9. The van der Waals surface area contributed by atoms with Crippen molar-refractivity contribution in [2.24, 2.45) is 0 Å². The van der Waals surface area contributed by atoms with Crippen LogP contribution in [0.3, 0.4) is 0 Å². The molecule has 5 nitrogen and oxygen atoms in total. The number of hydrogen-bond acceptors (Lipinski definition) is 4. The van der Waals surface area contributed by atoms with E-state index in [2.05, 4.69) is 0 Å². The lowest BCUT2D eigenvalue weighted by atomic mass is 9.98. The zero-order chi connectivity index (χ0) is 19.2. The largest absolute Gasteiger partial charge is 0.391 e. The summed E-state index contributed by atoms with van der Waals surface area (Å²) < 4.78 is 0. The highest BCUT2D eigenvalue weighted by molar-refractivity contribution is 7.99. The number of thioether (sulfide) groups is 1. The van der Waals surface area contributed by atoms with Crippen molar-refractivity contribution in [1.82, 2.24) is 9.80 Å². The number of carbonyl (C=O) groups is 2. The van der Waals surface area contributed by atoms with Crippen LogP contribution >= 0.6 is 11.8 Å². The van der Waals surface area contributed by atoms with Gasteiger partial charge in [-0.25, -0.2) is 0 Å². The molecule has 1 aromatic carbocycles. The van der Waals surface area contributed by atoms with Gasteiger partial charge in [-0.15, -0.1) is 11.8 Å². The van der Waals surface area contributed by atoms with E-state index in [1.54, 1.807) is 16.7 Å². The van der Waals surface area contributed by atoms with E-state index in [1.165, 1.54) is 0 Å². The first kappa shape index (κ1) is 20.2. The van der Waals surface area contributed by atoms with Crippen molar-refractivity contribution < 1.29 is 14.7 Å². The summed E-state index contributed by atoms with van der Waals surface area (Å²) in [5.74, 6) is 1.47. The van der Waals surface area contributed by atoms with Crippen LogP contribution < -0.4 is 0 Å². The number of rotatable bonds is 6. The highest BCUT2D eigenvalue weighted by atomic mass is 32.2. The molecule has 2 saturated heterocycles. The molecule has 2 fully saturated rings. The number of carbonyl (C=O) groups excluding carboxylic acids is 2. The summed E-state index contributed by atoms with van der Waals surface area (Å²) in [6, 6.07) is 9.51. The van der Waals surface area contributed by atoms with Gasteiger partial charge >= 0.3 is 0 Å². The number of nitrogens with zero attached hydrogens (tertiary/aromatic N) is 2. The minimum Gasteiger partial charge on any atom is -0.391 e. The van der Waals surface area contributed by atoms with E-state index in [0.29, 0.717) is 31.7 Å². The van der Waals surface area contributed by atoms with E-state index in [9.17, 15) is 14.7 Å². The SMILES string of the molecule is CCC(O)C1CSCN1C(=O)C1CCCCN1C(=O)CCc1ccccc1. The zero-order valence-electron chi connectivity index (χ0n) is 16.0. The van der Waals surface area contributed by atoms with Gasteiger partial charge in [-0.2, -0.15) is 0 Å². The average molecular weight is 391 g/mol. The van der Waals surface area contributed by atoms with Crippen LogP contribution in [0.1, 0.15) is 44.6 Å². The average Bonchev–Trinajstić information content (AvgIpc) is 3.21. The van der Waals surface area contributed by atoms with Crippen LogP contribution in [0, 0.1) is 0 Å². The Kier molecular flexibility index (Phi) is 7.19. The number of benzene rings is 1. The Hall–Kier alpha value is -1.53.